The Bertz CT molecular complexity index is 438. The van der Waals surface area contributed by atoms with Gasteiger partial charge in [0.25, 0.3) is 0 Å². The number of terminal acetylenes is 1. The van der Waals surface area contributed by atoms with Crippen molar-refractivity contribution in [3.8, 4) is 12.3 Å². The average Bonchev–Trinajstić information content (AvgIpc) is 2.36. The Labute approximate surface area is 126 Å². The summed E-state index contributed by atoms with van der Waals surface area (Å²) in [6.07, 6.45) is 5.01. The van der Waals surface area contributed by atoms with Gasteiger partial charge in [0.2, 0.25) is 0 Å². The van der Waals surface area contributed by atoms with Crippen molar-refractivity contribution >= 4 is 12.1 Å². The minimum absolute atomic E-state index is 0.207. The Kier molecular flexibility index (Phi) is 5.10. The van der Waals surface area contributed by atoms with E-state index in [9.17, 15) is 9.59 Å². The molecule has 0 radical (unpaired) electrons. The van der Waals surface area contributed by atoms with Crippen LogP contribution in [0.4, 0.5) is 9.59 Å². The average molecular weight is 295 g/mol. The first-order chi connectivity index (χ1) is 9.54. The molecule has 0 spiro atoms. The van der Waals surface area contributed by atoms with Crippen LogP contribution in [-0.2, 0) is 4.74 Å². The molecule has 0 saturated carbocycles. The summed E-state index contributed by atoms with van der Waals surface area (Å²) in [5.74, 6) is 2.52. The van der Waals surface area contributed by atoms with Crippen molar-refractivity contribution in [1.82, 2.24) is 15.1 Å². The number of rotatable bonds is 1. The number of nitrogens with one attached hydrogen (secondary N) is 1. The van der Waals surface area contributed by atoms with Crippen LogP contribution in [0.25, 0.3) is 0 Å². The number of piperazine rings is 1. The van der Waals surface area contributed by atoms with Gasteiger partial charge in [-0.25, -0.2) is 9.59 Å². The van der Waals surface area contributed by atoms with E-state index in [0.29, 0.717) is 26.2 Å². The van der Waals surface area contributed by atoms with Crippen molar-refractivity contribution in [3.05, 3.63) is 0 Å². The molecule has 6 heteroatoms. The second-order valence-electron chi connectivity index (χ2n) is 6.65. The molecule has 3 amide bonds. The SMILES string of the molecule is C#CC(C)(C)NC(=O)N1CCN(C(=O)OC(C)(C)C)CC1. The summed E-state index contributed by atoms with van der Waals surface area (Å²) >= 11 is 0. The standard InChI is InChI=1S/C15H25N3O3/c1-7-15(5,6)16-12(19)17-8-10-18(11-9-17)13(20)21-14(2,3)4/h1H,8-11H2,2-6H3,(H,16,19). The lowest BCUT2D eigenvalue weighted by Crippen LogP contribution is -2.56. The fourth-order valence-electron chi connectivity index (χ4n) is 1.80. The molecule has 0 aliphatic carbocycles. The zero-order valence-corrected chi connectivity index (χ0v) is 13.5. The Morgan fingerprint density at radius 1 is 1.05 bits per heavy atom. The van der Waals surface area contributed by atoms with E-state index in [1.165, 1.54) is 0 Å². The van der Waals surface area contributed by atoms with E-state index in [2.05, 4.69) is 11.2 Å². The maximum absolute atomic E-state index is 12.1. The molecule has 0 atom stereocenters. The van der Waals surface area contributed by atoms with Crippen molar-refractivity contribution in [2.45, 2.75) is 45.8 Å². The van der Waals surface area contributed by atoms with Crippen molar-refractivity contribution in [1.29, 1.82) is 0 Å². The van der Waals surface area contributed by atoms with E-state index in [4.69, 9.17) is 11.2 Å². The smallest absolute Gasteiger partial charge is 0.410 e. The molecule has 1 rings (SSSR count). The summed E-state index contributed by atoms with van der Waals surface area (Å²) < 4.78 is 5.31. The summed E-state index contributed by atoms with van der Waals surface area (Å²) in [5.41, 5.74) is -1.19. The maximum atomic E-state index is 12.1. The third-order valence-electron chi connectivity index (χ3n) is 3.00. The van der Waals surface area contributed by atoms with Gasteiger partial charge in [0.05, 0.1) is 5.54 Å². The fourth-order valence-corrected chi connectivity index (χ4v) is 1.80. The Balaban J connectivity index is 2.47. The number of amides is 3. The largest absolute Gasteiger partial charge is 0.444 e. The highest BCUT2D eigenvalue weighted by molar-refractivity contribution is 5.76. The highest BCUT2D eigenvalue weighted by Gasteiger charge is 2.29. The molecule has 1 N–H and O–H groups in total. The molecule has 0 bridgehead atoms. The predicted octanol–water partition coefficient (Wildman–Crippen LogP) is 1.66. The molecule has 1 fully saturated rings. The molecule has 21 heavy (non-hydrogen) atoms. The zero-order chi connectivity index (χ0) is 16.3. The summed E-state index contributed by atoms with van der Waals surface area (Å²) in [4.78, 5) is 27.3. The molecule has 0 aromatic heterocycles. The van der Waals surface area contributed by atoms with Crippen LogP contribution in [-0.4, -0.2) is 59.2 Å². The molecule has 6 nitrogen and oxygen atoms in total. The van der Waals surface area contributed by atoms with Crippen LogP contribution >= 0.6 is 0 Å². The fraction of sp³-hybridized carbons (Fsp3) is 0.733. The Hall–Kier alpha value is -1.90. The molecule has 0 unspecified atom stereocenters. The van der Waals surface area contributed by atoms with Gasteiger partial charge in [-0.15, -0.1) is 6.42 Å². The monoisotopic (exact) mass is 295 g/mol. The van der Waals surface area contributed by atoms with Crippen LogP contribution in [0.3, 0.4) is 0 Å². The van der Waals surface area contributed by atoms with Gasteiger partial charge in [-0.3, -0.25) is 0 Å². The number of hydrogen-bond donors (Lipinski definition) is 1. The molecule has 0 aromatic carbocycles. The van der Waals surface area contributed by atoms with Gasteiger partial charge in [0.15, 0.2) is 0 Å². The van der Waals surface area contributed by atoms with Gasteiger partial charge in [-0.05, 0) is 34.6 Å². The first-order valence-electron chi connectivity index (χ1n) is 7.07. The number of urea groups is 1. The first-order valence-corrected chi connectivity index (χ1v) is 7.07. The Morgan fingerprint density at radius 2 is 1.52 bits per heavy atom. The van der Waals surface area contributed by atoms with E-state index >= 15 is 0 Å². The van der Waals surface area contributed by atoms with Crippen LogP contribution < -0.4 is 5.32 Å². The van der Waals surface area contributed by atoms with E-state index in [0.717, 1.165) is 0 Å². The lowest BCUT2D eigenvalue weighted by atomic mass is 10.1. The number of carbonyl (C=O) groups excluding carboxylic acids is 2. The van der Waals surface area contributed by atoms with Gasteiger partial charge in [-0.1, -0.05) is 5.92 Å². The second kappa shape index (κ2) is 6.25. The molecule has 0 aromatic rings. The predicted molar refractivity (Wildman–Crippen MR) is 80.8 cm³/mol. The van der Waals surface area contributed by atoms with Gasteiger partial charge in [0.1, 0.15) is 5.60 Å². The van der Waals surface area contributed by atoms with Crippen LogP contribution in [0.15, 0.2) is 0 Å². The van der Waals surface area contributed by atoms with Crippen LogP contribution in [0.2, 0.25) is 0 Å². The maximum Gasteiger partial charge on any atom is 0.410 e. The van der Waals surface area contributed by atoms with E-state index in [1.54, 1.807) is 23.6 Å². The number of carbonyl (C=O) groups is 2. The van der Waals surface area contributed by atoms with Crippen molar-refractivity contribution in [3.63, 3.8) is 0 Å². The molecule has 118 valence electrons. The minimum atomic E-state index is -0.681. The summed E-state index contributed by atoms with van der Waals surface area (Å²) in [7, 11) is 0. The van der Waals surface area contributed by atoms with Crippen molar-refractivity contribution in [2.75, 3.05) is 26.2 Å². The van der Waals surface area contributed by atoms with E-state index < -0.39 is 11.1 Å². The van der Waals surface area contributed by atoms with E-state index in [-0.39, 0.29) is 12.1 Å². The molecular weight excluding hydrogens is 270 g/mol. The normalized spacial score (nSPS) is 16.2. The molecule has 1 aliphatic heterocycles. The number of hydrogen-bond acceptors (Lipinski definition) is 3. The summed E-state index contributed by atoms with van der Waals surface area (Å²) in [6.45, 7) is 10.9. The molecule has 1 heterocycles. The zero-order valence-electron chi connectivity index (χ0n) is 13.5. The van der Waals surface area contributed by atoms with Gasteiger partial charge in [-0.2, -0.15) is 0 Å². The summed E-state index contributed by atoms with van der Waals surface area (Å²) in [6, 6.07) is -0.207. The highest BCUT2D eigenvalue weighted by atomic mass is 16.6. The molecular formula is C15H25N3O3. The third-order valence-corrected chi connectivity index (χ3v) is 3.00. The number of ether oxygens (including phenoxy) is 1. The lowest BCUT2D eigenvalue weighted by molar-refractivity contribution is 0.0168. The van der Waals surface area contributed by atoms with Crippen LogP contribution in [0.1, 0.15) is 34.6 Å². The van der Waals surface area contributed by atoms with Crippen molar-refractivity contribution in [2.24, 2.45) is 0 Å². The summed E-state index contributed by atoms with van der Waals surface area (Å²) in [5, 5.41) is 2.77. The van der Waals surface area contributed by atoms with Crippen LogP contribution in [0.5, 0.6) is 0 Å². The van der Waals surface area contributed by atoms with Crippen LogP contribution in [0, 0.1) is 12.3 Å². The lowest BCUT2D eigenvalue weighted by Gasteiger charge is -2.36. The number of nitrogens with zero attached hydrogens (tertiary/aromatic N) is 2. The first kappa shape index (κ1) is 17.2. The highest BCUT2D eigenvalue weighted by Crippen LogP contribution is 2.12. The quantitative estimate of drug-likeness (QED) is 0.748. The minimum Gasteiger partial charge on any atom is -0.444 e. The Morgan fingerprint density at radius 3 is 1.95 bits per heavy atom. The van der Waals surface area contributed by atoms with Gasteiger partial charge in [0, 0.05) is 26.2 Å². The van der Waals surface area contributed by atoms with E-state index in [1.807, 2.05) is 20.8 Å². The van der Waals surface area contributed by atoms with Crippen molar-refractivity contribution < 1.29 is 14.3 Å². The van der Waals surface area contributed by atoms with Gasteiger partial charge >= 0.3 is 12.1 Å². The topological polar surface area (TPSA) is 61.9 Å². The molecule has 1 aliphatic rings. The van der Waals surface area contributed by atoms with Gasteiger partial charge < -0.3 is 19.9 Å². The second-order valence-corrected chi connectivity index (χ2v) is 6.65. The third kappa shape index (κ3) is 5.54. The molecule has 1 saturated heterocycles.